The Morgan fingerprint density at radius 2 is 2.00 bits per heavy atom. The summed E-state index contributed by atoms with van der Waals surface area (Å²) < 4.78 is 0. The lowest BCUT2D eigenvalue weighted by Gasteiger charge is -2.16. The van der Waals surface area contributed by atoms with Gasteiger partial charge in [-0.3, -0.25) is 0 Å². The van der Waals surface area contributed by atoms with Gasteiger partial charge in [0.05, 0.1) is 0 Å². The van der Waals surface area contributed by atoms with Gasteiger partial charge in [-0.15, -0.1) is 0 Å². The summed E-state index contributed by atoms with van der Waals surface area (Å²) >= 11 is -0.639. The van der Waals surface area contributed by atoms with E-state index in [-0.39, 0.29) is 0 Å². The average Bonchev–Trinajstić information content (AvgIpc) is 2.67. The van der Waals surface area contributed by atoms with Crippen LogP contribution in [0, 0.1) is 24.7 Å². The van der Waals surface area contributed by atoms with E-state index in [1.807, 2.05) is 0 Å². The molecule has 3 heteroatoms. The van der Waals surface area contributed by atoms with Crippen molar-refractivity contribution < 1.29 is 0 Å². The van der Waals surface area contributed by atoms with E-state index in [0.717, 1.165) is 24.2 Å². The van der Waals surface area contributed by atoms with E-state index in [0.29, 0.717) is 0 Å². The monoisotopic (exact) mass is 229 g/mol. The minimum atomic E-state index is -0.639. The maximum Gasteiger partial charge on any atom is 0.618 e. The van der Waals surface area contributed by atoms with Crippen molar-refractivity contribution in [2.45, 2.75) is 25.7 Å². The highest BCUT2D eigenvalue weighted by Gasteiger charge is 2.34. The van der Waals surface area contributed by atoms with Gasteiger partial charge in [-0.1, -0.05) is 25.5 Å². The van der Waals surface area contributed by atoms with Crippen molar-refractivity contribution in [3.8, 4) is 0 Å². The van der Waals surface area contributed by atoms with Gasteiger partial charge in [0.1, 0.15) is 0 Å². The summed E-state index contributed by atoms with van der Waals surface area (Å²) in [6.45, 7) is 3.91. The number of allylic oxidation sites excluding steroid dienone is 2. The highest BCUT2D eigenvalue weighted by Crippen LogP contribution is 2.45. The molecule has 0 aromatic carbocycles. The van der Waals surface area contributed by atoms with Crippen LogP contribution in [0.4, 0.5) is 0 Å². The Bertz CT molecular complexity index is 170. The van der Waals surface area contributed by atoms with E-state index in [1.165, 1.54) is 19.3 Å². The van der Waals surface area contributed by atoms with E-state index in [9.17, 15) is 0 Å². The summed E-state index contributed by atoms with van der Waals surface area (Å²) in [5.41, 5.74) is 0. The summed E-state index contributed by atoms with van der Waals surface area (Å²) in [5.74, 6) is 2.88. The minimum Gasteiger partial charge on any atom is -0.309 e. The van der Waals surface area contributed by atoms with E-state index in [2.05, 4.69) is 19.1 Å². The van der Waals surface area contributed by atoms with Gasteiger partial charge in [0.15, 0.2) is 0 Å². The van der Waals surface area contributed by atoms with E-state index in [4.69, 9.17) is 18.1 Å². The molecule has 0 N–H and O–H groups in total. The Balaban J connectivity index is 0.000000251. The van der Waals surface area contributed by atoms with E-state index >= 15 is 0 Å². The molecule has 3 unspecified atom stereocenters. The average molecular weight is 230 g/mol. The van der Waals surface area contributed by atoms with Crippen molar-refractivity contribution in [3.05, 3.63) is 19.1 Å². The summed E-state index contributed by atoms with van der Waals surface area (Å²) in [6.07, 6.45) is 10.2. The molecule has 1 radical (unpaired) electrons. The van der Waals surface area contributed by atoms with Crippen molar-refractivity contribution in [2.75, 3.05) is 0 Å². The maximum atomic E-state index is 4.90. The van der Waals surface area contributed by atoms with Crippen molar-refractivity contribution in [3.63, 3.8) is 0 Å². The molecule has 1 saturated carbocycles. The summed E-state index contributed by atoms with van der Waals surface area (Å²) in [6, 6.07) is 0. The van der Waals surface area contributed by atoms with E-state index in [1.54, 1.807) is 0 Å². The Labute approximate surface area is 98.3 Å². The fourth-order valence-corrected chi connectivity index (χ4v) is 2.49. The number of rotatable bonds is 2. The molecular weight excluding hydrogens is 215 g/mol. The van der Waals surface area contributed by atoms with Gasteiger partial charge in [0, 0.05) is 0 Å². The molecule has 71 valence electrons. The third kappa shape index (κ3) is 3.62. The van der Waals surface area contributed by atoms with Crippen LogP contribution in [0.5, 0.6) is 0 Å². The maximum absolute atomic E-state index is 4.90. The Kier molecular flexibility index (Phi) is 6.12. The summed E-state index contributed by atoms with van der Waals surface area (Å²) in [4.78, 5) is 0. The van der Waals surface area contributed by atoms with Gasteiger partial charge < -0.3 is 18.1 Å². The van der Waals surface area contributed by atoms with Gasteiger partial charge in [-0.2, -0.15) is 0 Å². The standard InChI is InChI=1S/C10H15.2ClH.Mg/c1-2-3-9-6-8-4-5-10(9)7-8;;;/h4-5,8-10H,1-3,6-7H2;2*1H;/q;;;+2/p-2. The van der Waals surface area contributed by atoms with Gasteiger partial charge in [0.2, 0.25) is 0 Å². The number of fused-ring (bicyclic) bond motifs is 2. The first-order valence-corrected chi connectivity index (χ1v) is 9.19. The molecule has 2 aliphatic carbocycles. The first kappa shape index (κ1) is 12.2. The van der Waals surface area contributed by atoms with Gasteiger partial charge in [-0.25, -0.2) is 0 Å². The molecule has 2 rings (SSSR count). The van der Waals surface area contributed by atoms with Gasteiger partial charge in [-0.05, 0) is 37.0 Å². The quantitative estimate of drug-likeness (QED) is 0.500. The van der Waals surface area contributed by atoms with Crippen LogP contribution in [0.15, 0.2) is 12.2 Å². The lowest BCUT2D eigenvalue weighted by atomic mass is 9.90. The molecule has 0 aliphatic heterocycles. The molecule has 0 heterocycles. The fourth-order valence-electron chi connectivity index (χ4n) is 2.49. The van der Waals surface area contributed by atoms with Crippen LogP contribution in [0.2, 0.25) is 0 Å². The van der Waals surface area contributed by atoms with Crippen molar-refractivity contribution in [2.24, 2.45) is 17.8 Å². The smallest absolute Gasteiger partial charge is 0.309 e. The molecular formula is C10H15Cl2Mg. The van der Waals surface area contributed by atoms with Crippen LogP contribution in [0.3, 0.4) is 0 Å². The molecule has 13 heavy (non-hydrogen) atoms. The predicted molar refractivity (Wildman–Crippen MR) is 60.9 cm³/mol. The molecule has 0 aromatic rings. The minimum absolute atomic E-state index is 0.639. The largest absolute Gasteiger partial charge is 0.618 e. The molecule has 0 spiro atoms. The summed E-state index contributed by atoms with van der Waals surface area (Å²) in [5, 5.41) is 0. The van der Waals surface area contributed by atoms with Gasteiger partial charge in [0.25, 0.3) is 0 Å². The Hall–Kier alpha value is 1.09. The second kappa shape index (κ2) is 6.55. The molecule has 0 saturated heterocycles. The highest BCUT2D eigenvalue weighted by atomic mass is 35.6. The molecule has 0 amide bonds. The number of hydrogen-bond acceptors (Lipinski definition) is 0. The van der Waals surface area contributed by atoms with Crippen LogP contribution >= 0.6 is 18.1 Å². The second-order valence-corrected chi connectivity index (χ2v) is 6.41. The second-order valence-electron chi connectivity index (χ2n) is 3.78. The van der Waals surface area contributed by atoms with Crippen LogP contribution < -0.4 is 0 Å². The first-order valence-electron chi connectivity index (χ1n) is 4.91. The molecule has 2 aliphatic rings. The van der Waals surface area contributed by atoms with Crippen molar-refractivity contribution in [1.29, 1.82) is 0 Å². The highest BCUT2D eigenvalue weighted by molar-refractivity contribution is 7.22. The van der Waals surface area contributed by atoms with Crippen LogP contribution in [-0.2, 0) is 0 Å². The molecule has 3 atom stereocenters. The third-order valence-electron chi connectivity index (χ3n) is 2.99. The van der Waals surface area contributed by atoms with Crippen molar-refractivity contribution >= 4 is 36.3 Å². The van der Waals surface area contributed by atoms with Crippen LogP contribution in [-0.4, -0.2) is 18.2 Å². The summed E-state index contributed by atoms with van der Waals surface area (Å²) in [7, 11) is 9.81. The van der Waals surface area contributed by atoms with Crippen LogP contribution in [0.25, 0.3) is 0 Å². The molecule has 1 fully saturated rings. The zero-order valence-electron chi connectivity index (χ0n) is 7.89. The first-order chi connectivity index (χ1) is 6.31. The molecule has 0 nitrogen and oxygen atoms in total. The lowest BCUT2D eigenvalue weighted by Crippen LogP contribution is -2.05. The Morgan fingerprint density at radius 1 is 1.31 bits per heavy atom. The molecule has 0 aromatic heterocycles. The Morgan fingerprint density at radius 3 is 2.38 bits per heavy atom. The van der Waals surface area contributed by atoms with Crippen LogP contribution in [0.1, 0.15) is 25.7 Å². The zero-order valence-corrected chi connectivity index (χ0v) is 10.8. The van der Waals surface area contributed by atoms with E-state index < -0.39 is 18.2 Å². The number of halogens is 2. The van der Waals surface area contributed by atoms with Crippen molar-refractivity contribution in [1.82, 2.24) is 0 Å². The third-order valence-corrected chi connectivity index (χ3v) is 2.99. The SMILES string of the molecule is [CH2]CCC1CC2C=CC1C2.[Cl][Mg][Cl]. The topological polar surface area (TPSA) is 0 Å². The zero-order chi connectivity index (χ0) is 9.68. The van der Waals surface area contributed by atoms with Gasteiger partial charge >= 0.3 is 18.2 Å². The molecule has 2 bridgehead atoms. The fraction of sp³-hybridized carbons (Fsp3) is 0.700. The lowest BCUT2D eigenvalue weighted by molar-refractivity contribution is 0.419. The normalized spacial score (nSPS) is 33.9. The predicted octanol–water partition coefficient (Wildman–Crippen LogP) is 3.81. The number of hydrogen-bond donors (Lipinski definition) is 0.